The predicted octanol–water partition coefficient (Wildman–Crippen LogP) is -0.0260. The summed E-state index contributed by atoms with van der Waals surface area (Å²) >= 11 is 0. The molecule has 118 valence electrons. The van der Waals surface area contributed by atoms with Crippen molar-refractivity contribution in [2.75, 3.05) is 0 Å². The fourth-order valence-electron chi connectivity index (χ4n) is 1.79. The van der Waals surface area contributed by atoms with E-state index in [9.17, 15) is 19.2 Å². The van der Waals surface area contributed by atoms with Crippen LogP contribution in [0.25, 0.3) is 0 Å². The van der Waals surface area contributed by atoms with E-state index < -0.39 is 42.2 Å². The van der Waals surface area contributed by atoms with E-state index in [-0.39, 0.29) is 6.42 Å². The highest BCUT2D eigenvalue weighted by Crippen LogP contribution is 2.09. The van der Waals surface area contributed by atoms with Gasteiger partial charge in [-0.05, 0) is 5.56 Å². The van der Waals surface area contributed by atoms with Crippen LogP contribution in [-0.4, -0.2) is 45.2 Å². The van der Waals surface area contributed by atoms with E-state index in [1.807, 2.05) is 0 Å². The molecular weight excluding hydrogens is 294 g/mol. The number of aliphatic carboxylic acids is 3. The van der Waals surface area contributed by atoms with Gasteiger partial charge in [0.05, 0.1) is 6.42 Å². The minimum absolute atomic E-state index is 0.0879. The molecule has 0 aliphatic carbocycles. The zero-order valence-electron chi connectivity index (χ0n) is 11.4. The van der Waals surface area contributed by atoms with E-state index in [1.165, 1.54) is 0 Å². The molecule has 0 aliphatic heterocycles. The van der Waals surface area contributed by atoms with Crippen molar-refractivity contribution >= 4 is 23.8 Å². The van der Waals surface area contributed by atoms with Crippen molar-refractivity contribution in [1.29, 1.82) is 0 Å². The number of hydrogen-bond donors (Lipinski definition) is 4. The number of nitrogens with one attached hydrogen (secondary N) is 1. The van der Waals surface area contributed by atoms with Crippen LogP contribution in [0.5, 0.6) is 0 Å². The van der Waals surface area contributed by atoms with E-state index >= 15 is 0 Å². The Morgan fingerprint density at radius 2 is 1.45 bits per heavy atom. The zero-order valence-corrected chi connectivity index (χ0v) is 11.4. The Hall–Kier alpha value is -2.90. The van der Waals surface area contributed by atoms with Crippen molar-refractivity contribution in [2.45, 2.75) is 18.9 Å². The molecule has 1 aromatic rings. The Kier molecular flexibility index (Phi) is 6.06. The second-order valence-corrected chi connectivity index (χ2v) is 4.59. The number of amides is 1. The van der Waals surface area contributed by atoms with Gasteiger partial charge in [0.1, 0.15) is 6.04 Å². The molecule has 0 spiro atoms. The van der Waals surface area contributed by atoms with Crippen LogP contribution >= 0.6 is 0 Å². The molecule has 1 aromatic carbocycles. The lowest BCUT2D eigenvalue weighted by molar-refractivity contribution is -0.156. The first kappa shape index (κ1) is 17.2. The van der Waals surface area contributed by atoms with Crippen LogP contribution in [0, 0.1) is 5.92 Å². The van der Waals surface area contributed by atoms with E-state index in [0.717, 1.165) is 0 Å². The monoisotopic (exact) mass is 309 g/mol. The standard InChI is InChI=1S/C14H15NO7/c16-11(6-8-4-2-1-3-5-8)15-10(14(21)22)7-9(12(17)18)13(19)20/h1-5,9-10H,6-7H2,(H,15,16)(H,17,18)(H,19,20)(H,21,22). The normalized spacial score (nSPS) is 11.7. The maximum absolute atomic E-state index is 11.8. The summed E-state index contributed by atoms with van der Waals surface area (Å²) in [5, 5.41) is 28.7. The average molecular weight is 309 g/mol. The Labute approximate surface area is 125 Å². The summed E-state index contributed by atoms with van der Waals surface area (Å²) in [6.07, 6.45) is -0.823. The molecule has 0 aromatic heterocycles. The van der Waals surface area contributed by atoms with E-state index in [2.05, 4.69) is 5.32 Å². The zero-order chi connectivity index (χ0) is 16.7. The van der Waals surface area contributed by atoms with Crippen molar-refractivity contribution in [3.05, 3.63) is 35.9 Å². The van der Waals surface area contributed by atoms with Gasteiger partial charge in [-0.15, -0.1) is 0 Å². The summed E-state index contributed by atoms with van der Waals surface area (Å²) in [7, 11) is 0. The van der Waals surface area contributed by atoms with E-state index in [1.54, 1.807) is 30.3 Å². The highest BCUT2D eigenvalue weighted by atomic mass is 16.4. The van der Waals surface area contributed by atoms with Gasteiger partial charge >= 0.3 is 17.9 Å². The Bertz CT molecular complexity index is 556. The average Bonchev–Trinajstić information content (AvgIpc) is 2.43. The number of hydrogen-bond acceptors (Lipinski definition) is 4. The van der Waals surface area contributed by atoms with Crippen molar-refractivity contribution in [2.24, 2.45) is 5.92 Å². The molecule has 8 nitrogen and oxygen atoms in total. The molecule has 0 aliphatic rings. The van der Waals surface area contributed by atoms with E-state index in [4.69, 9.17) is 15.3 Å². The quantitative estimate of drug-likeness (QED) is 0.494. The molecule has 1 atom stereocenters. The molecule has 0 saturated carbocycles. The van der Waals surface area contributed by atoms with Crippen molar-refractivity contribution in [1.82, 2.24) is 5.32 Å². The molecule has 0 saturated heterocycles. The van der Waals surface area contributed by atoms with Gasteiger partial charge in [-0.25, -0.2) is 4.79 Å². The third kappa shape index (κ3) is 5.23. The summed E-state index contributed by atoms with van der Waals surface area (Å²) in [4.78, 5) is 44.4. The molecule has 4 N–H and O–H groups in total. The second-order valence-electron chi connectivity index (χ2n) is 4.59. The van der Waals surface area contributed by atoms with Gasteiger partial charge < -0.3 is 20.6 Å². The third-order valence-corrected chi connectivity index (χ3v) is 2.91. The fraction of sp³-hybridized carbons (Fsp3) is 0.286. The molecule has 1 unspecified atom stereocenters. The molecule has 1 amide bonds. The number of carbonyl (C=O) groups excluding carboxylic acids is 1. The van der Waals surface area contributed by atoms with Gasteiger partial charge in [-0.1, -0.05) is 30.3 Å². The number of carboxylic acid groups (broad SMARTS) is 3. The SMILES string of the molecule is O=C(Cc1ccccc1)NC(CC(C(=O)O)C(=O)O)C(=O)O. The first-order chi connectivity index (χ1) is 10.3. The van der Waals surface area contributed by atoms with Crippen molar-refractivity contribution in [3.8, 4) is 0 Å². The van der Waals surface area contributed by atoms with Crippen LogP contribution in [0.4, 0.5) is 0 Å². The second kappa shape index (κ2) is 7.77. The van der Waals surface area contributed by atoms with Crippen LogP contribution in [0.3, 0.4) is 0 Å². The Morgan fingerprint density at radius 3 is 1.91 bits per heavy atom. The first-order valence-electron chi connectivity index (χ1n) is 6.33. The van der Waals surface area contributed by atoms with Crippen LogP contribution in [0.1, 0.15) is 12.0 Å². The molecular formula is C14H15NO7. The van der Waals surface area contributed by atoms with Gasteiger partial charge in [0.25, 0.3) is 0 Å². The summed E-state index contributed by atoms with van der Waals surface area (Å²) in [5.74, 6) is -7.34. The van der Waals surface area contributed by atoms with Gasteiger partial charge in [-0.3, -0.25) is 14.4 Å². The van der Waals surface area contributed by atoms with Gasteiger partial charge in [0.15, 0.2) is 5.92 Å². The molecule has 0 fully saturated rings. The fourth-order valence-corrected chi connectivity index (χ4v) is 1.79. The van der Waals surface area contributed by atoms with Crippen molar-refractivity contribution in [3.63, 3.8) is 0 Å². The largest absolute Gasteiger partial charge is 0.481 e. The smallest absolute Gasteiger partial charge is 0.326 e. The number of carbonyl (C=O) groups is 4. The molecule has 0 radical (unpaired) electrons. The summed E-state index contributed by atoms with van der Waals surface area (Å²) < 4.78 is 0. The Morgan fingerprint density at radius 1 is 0.909 bits per heavy atom. The molecule has 1 rings (SSSR count). The maximum Gasteiger partial charge on any atom is 0.326 e. The third-order valence-electron chi connectivity index (χ3n) is 2.91. The number of rotatable bonds is 8. The van der Waals surface area contributed by atoms with Gasteiger partial charge in [-0.2, -0.15) is 0 Å². The molecule has 0 bridgehead atoms. The lowest BCUT2D eigenvalue weighted by Gasteiger charge is -2.16. The lowest BCUT2D eigenvalue weighted by atomic mass is 9.99. The number of carboxylic acids is 3. The van der Waals surface area contributed by atoms with E-state index in [0.29, 0.717) is 5.56 Å². The first-order valence-corrected chi connectivity index (χ1v) is 6.33. The van der Waals surface area contributed by atoms with Crippen molar-refractivity contribution < 1.29 is 34.5 Å². The van der Waals surface area contributed by atoms with Gasteiger partial charge in [0, 0.05) is 6.42 Å². The minimum Gasteiger partial charge on any atom is -0.481 e. The molecule has 8 heteroatoms. The summed E-state index contributed by atoms with van der Waals surface area (Å²) in [6.45, 7) is 0. The Balaban J connectivity index is 2.71. The lowest BCUT2D eigenvalue weighted by Crippen LogP contribution is -2.44. The molecule has 0 heterocycles. The van der Waals surface area contributed by atoms with Crippen LogP contribution < -0.4 is 5.32 Å². The van der Waals surface area contributed by atoms with Crippen LogP contribution in [0.2, 0.25) is 0 Å². The summed E-state index contributed by atoms with van der Waals surface area (Å²) in [6, 6.07) is 6.93. The van der Waals surface area contributed by atoms with Crippen LogP contribution in [-0.2, 0) is 25.6 Å². The molecule has 22 heavy (non-hydrogen) atoms. The minimum atomic E-state index is -1.90. The van der Waals surface area contributed by atoms with Crippen LogP contribution in [0.15, 0.2) is 30.3 Å². The number of benzene rings is 1. The highest BCUT2D eigenvalue weighted by Gasteiger charge is 2.33. The predicted molar refractivity (Wildman–Crippen MR) is 73.1 cm³/mol. The topological polar surface area (TPSA) is 141 Å². The van der Waals surface area contributed by atoms with Gasteiger partial charge in [0.2, 0.25) is 5.91 Å². The summed E-state index contributed by atoms with van der Waals surface area (Å²) in [5.41, 5.74) is 0.650. The highest BCUT2D eigenvalue weighted by molar-refractivity contribution is 5.94. The maximum atomic E-state index is 11.8.